The Morgan fingerprint density at radius 3 is 2.55 bits per heavy atom. The molecule has 0 saturated heterocycles. The highest BCUT2D eigenvalue weighted by atomic mass is 79.9. The van der Waals surface area contributed by atoms with Crippen LogP contribution in [0.5, 0.6) is 5.75 Å². The third-order valence-electron chi connectivity index (χ3n) is 1.23. The topological polar surface area (TPSA) is 9.23 Å². The second kappa shape index (κ2) is 4.39. The standard InChI is InChI=1S/C9H10BrO/c1-2-7-11-9-5-3-8(10)4-6-9/h2-6H,7H2,1H3. The summed E-state index contributed by atoms with van der Waals surface area (Å²) >= 11 is 3.35. The number of halogens is 1. The molecule has 59 valence electrons. The molecule has 11 heavy (non-hydrogen) atoms. The van der Waals surface area contributed by atoms with Gasteiger partial charge < -0.3 is 4.74 Å². The van der Waals surface area contributed by atoms with Gasteiger partial charge in [0.1, 0.15) is 5.75 Å². The van der Waals surface area contributed by atoms with Crippen molar-refractivity contribution in [3.05, 3.63) is 35.2 Å². The number of rotatable bonds is 3. The Bertz CT molecular complexity index is 205. The molecule has 0 N–H and O–H groups in total. The lowest BCUT2D eigenvalue weighted by Crippen LogP contribution is -1.94. The Labute approximate surface area is 75.5 Å². The first kappa shape index (κ1) is 8.60. The zero-order valence-electron chi connectivity index (χ0n) is 6.38. The van der Waals surface area contributed by atoms with E-state index in [9.17, 15) is 0 Å². The van der Waals surface area contributed by atoms with Crippen LogP contribution >= 0.6 is 15.9 Å². The molecule has 0 aliphatic heterocycles. The molecule has 1 radical (unpaired) electrons. The van der Waals surface area contributed by atoms with Crippen molar-refractivity contribution in [3.63, 3.8) is 0 Å². The van der Waals surface area contributed by atoms with E-state index in [1.165, 1.54) is 0 Å². The molecule has 1 rings (SSSR count). The van der Waals surface area contributed by atoms with E-state index in [2.05, 4.69) is 15.9 Å². The van der Waals surface area contributed by atoms with Crippen molar-refractivity contribution < 1.29 is 4.74 Å². The molecule has 0 heterocycles. The average molecular weight is 214 g/mol. The van der Waals surface area contributed by atoms with Crippen molar-refractivity contribution in [1.29, 1.82) is 0 Å². The van der Waals surface area contributed by atoms with Crippen LogP contribution in [0.3, 0.4) is 0 Å². The number of ether oxygens (including phenoxy) is 1. The van der Waals surface area contributed by atoms with Gasteiger partial charge in [-0.25, -0.2) is 0 Å². The first-order chi connectivity index (χ1) is 5.33. The van der Waals surface area contributed by atoms with Gasteiger partial charge in [0.15, 0.2) is 0 Å². The SMILES string of the molecule is C[CH]COc1ccc(Br)cc1. The first-order valence-corrected chi connectivity index (χ1v) is 4.28. The second-order valence-corrected chi connectivity index (χ2v) is 3.09. The molecule has 0 aliphatic rings. The van der Waals surface area contributed by atoms with E-state index in [4.69, 9.17) is 4.74 Å². The van der Waals surface area contributed by atoms with E-state index in [-0.39, 0.29) is 0 Å². The smallest absolute Gasteiger partial charge is 0.119 e. The van der Waals surface area contributed by atoms with Crippen molar-refractivity contribution >= 4 is 15.9 Å². The Hall–Kier alpha value is -0.500. The Morgan fingerprint density at radius 1 is 1.36 bits per heavy atom. The molecular formula is C9H10BrO. The highest BCUT2D eigenvalue weighted by Crippen LogP contribution is 2.15. The summed E-state index contributed by atoms with van der Waals surface area (Å²) in [6.07, 6.45) is 1.97. The van der Waals surface area contributed by atoms with Crippen LogP contribution in [0.2, 0.25) is 0 Å². The minimum absolute atomic E-state index is 0.668. The van der Waals surface area contributed by atoms with Gasteiger partial charge in [-0.3, -0.25) is 0 Å². The van der Waals surface area contributed by atoms with Gasteiger partial charge in [-0.05, 0) is 30.7 Å². The Morgan fingerprint density at radius 2 is 2.00 bits per heavy atom. The molecule has 0 aliphatic carbocycles. The Balaban J connectivity index is 2.52. The maximum atomic E-state index is 5.33. The van der Waals surface area contributed by atoms with Crippen LogP contribution in [-0.4, -0.2) is 6.61 Å². The minimum atomic E-state index is 0.668. The fourth-order valence-electron chi connectivity index (χ4n) is 0.710. The number of hydrogen-bond acceptors (Lipinski definition) is 1. The Kier molecular flexibility index (Phi) is 3.43. The third kappa shape index (κ3) is 2.93. The summed E-state index contributed by atoms with van der Waals surface area (Å²) in [5, 5.41) is 0. The van der Waals surface area contributed by atoms with Crippen LogP contribution in [-0.2, 0) is 0 Å². The van der Waals surface area contributed by atoms with Gasteiger partial charge in [0.2, 0.25) is 0 Å². The monoisotopic (exact) mass is 213 g/mol. The average Bonchev–Trinajstić information content (AvgIpc) is 2.04. The van der Waals surface area contributed by atoms with Gasteiger partial charge in [-0.15, -0.1) is 0 Å². The van der Waals surface area contributed by atoms with E-state index in [0.29, 0.717) is 6.61 Å². The van der Waals surface area contributed by atoms with Crippen molar-refractivity contribution in [3.8, 4) is 5.75 Å². The molecule has 0 fully saturated rings. The normalized spacial score (nSPS) is 9.64. The van der Waals surface area contributed by atoms with Crippen LogP contribution in [0.25, 0.3) is 0 Å². The summed E-state index contributed by atoms with van der Waals surface area (Å²) in [5.41, 5.74) is 0. The van der Waals surface area contributed by atoms with Gasteiger partial charge in [-0.1, -0.05) is 22.9 Å². The molecule has 0 spiro atoms. The lowest BCUT2D eigenvalue weighted by atomic mass is 10.3. The first-order valence-electron chi connectivity index (χ1n) is 3.49. The predicted molar refractivity (Wildman–Crippen MR) is 49.6 cm³/mol. The van der Waals surface area contributed by atoms with E-state index < -0.39 is 0 Å². The second-order valence-electron chi connectivity index (χ2n) is 2.17. The van der Waals surface area contributed by atoms with Crippen LogP contribution in [0.4, 0.5) is 0 Å². The van der Waals surface area contributed by atoms with Crippen LogP contribution in [0.15, 0.2) is 28.7 Å². The molecule has 0 amide bonds. The molecule has 1 aromatic carbocycles. The van der Waals surface area contributed by atoms with Crippen LogP contribution in [0, 0.1) is 6.42 Å². The molecule has 1 aromatic rings. The molecule has 0 aromatic heterocycles. The van der Waals surface area contributed by atoms with Crippen LogP contribution < -0.4 is 4.74 Å². The zero-order chi connectivity index (χ0) is 8.10. The molecular weight excluding hydrogens is 204 g/mol. The lowest BCUT2D eigenvalue weighted by Gasteiger charge is -2.02. The van der Waals surface area contributed by atoms with Crippen LogP contribution in [0.1, 0.15) is 6.92 Å². The summed E-state index contributed by atoms with van der Waals surface area (Å²) in [6.45, 7) is 2.64. The minimum Gasteiger partial charge on any atom is -0.493 e. The van der Waals surface area contributed by atoms with Gasteiger partial charge in [-0.2, -0.15) is 0 Å². The third-order valence-corrected chi connectivity index (χ3v) is 1.76. The quantitative estimate of drug-likeness (QED) is 0.751. The maximum absolute atomic E-state index is 5.33. The molecule has 0 unspecified atom stereocenters. The van der Waals surface area contributed by atoms with E-state index >= 15 is 0 Å². The van der Waals surface area contributed by atoms with Crippen molar-refractivity contribution in [1.82, 2.24) is 0 Å². The van der Waals surface area contributed by atoms with E-state index in [0.717, 1.165) is 10.2 Å². The molecule has 2 heteroatoms. The molecule has 1 nitrogen and oxygen atoms in total. The van der Waals surface area contributed by atoms with Gasteiger partial charge in [0.25, 0.3) is 0 Å². The lowest BCUT2D eigenvalue weighted by molar-refractivity contribution is 0.349. The summed E-state index contributed by atoms with van der Waals surface area (Å²) < 4.78 is 6.41. The van der Waals surface area contributed by atoms with Crippen molar-refractivity contribution in [2.24, 2.45) is 0 Å². The molecule has 0 bridgehead atoms. The van der Waals surface area contributed by atoms with Crippen molar-refractivity contribution in [2.45, 2.75) is 6.92 Å². The number of benzene rings is 1. The number of hydrogen-bond donors (Lipinski definition) is 0. The largest absolute Gasteiger partial charge is 0.493 e. The highest BCUT2D eigenvalue weighted by molar-refractivity contribution is 9.10. The molecule has 0 saturated carbocycles. The van der Waals surface area contributed by atoms with Gasteiger partial charge >= 0.3 is 0 Å². The van der Waals surface area contributed by atoms with E-state index in [1.807, 2.05) is 37.6 Å². The summed E-state index contributed by atoms with van der Waals surface area (Å²) in [4.78, 5) is 0. The predicted octanol–water partition coefficient (Wildman–Crippen LogP) is 3.05. The van der Waals surface area contributed by atoms with Gasteiger partial charge in [0, 0.05) is 4.47 Å². The maximum Gasteiger partial charge on any atom is 0.119 e. The fourth-order valence-corrected chi connectivity index (χ4v) is 0.975. The van der Waals surface area contributed by atoms with E-state index in [1.54, 1.807) is 0 Å². The van der Waals surface area contributed by atoms with Crippen molar-refractivity contribution in [2.75, 3.05) is 6.61 Å². The van der Waals surface area contributed by atoms with Gasteiger partial charge in [0.05, 0.1) is 6.61 Å². The summed E-state index contributed by atoms with van der Waals surface area (Å²) in [6, 6.07) is 7.80. The zero-order valence-corrected chi connectivity index (χ0v) is 7.97. The highest BCUT2D eigenvalue weighted by Gasteiger charge is 1.90. The fraction of sp³-hybridized carbons (Fsp3) is 0.222. The summed E-state index contributed by atoms with van der Waals surface area (Å²) in [7, 11) is 0. The molecule has 0 atom stereocenters. The summed E-state index contributed by atoms with van der Waals surface area (Å²) in [5.74, 6) is 0.909.